The SMILES string of the molecule is COc1nn(C)cc1Nc1cc(OC2CCCc3cc(C#N)ccc32)ccc1C=N. The summed E-state index contributed by atoms with van der Waals surface area (Å²) in [7, 11) is 3.39. The third-order valence-electron chi connectivity index (χ3n) is 5.25. The van der Waals surface area contributed by atoms with Crippen molar-refractivity contribution in [3.05, 3.63) is 64.8 Å². The summed E-state index contributed by atoms with van der Waals surface area (Å²) >= 11 is 0. The van der Waals surface area contributed by atoms with Gasteiger partial charge in [-0.3, -0.25) is 4.68 Å². The first-order valence-corrected chi connectivity index (χ1v) is 9.80. The highest BCUT2D eigenvalue weighted by Crippen LogP contribution is 2.36. The Morgan fingerprint density at radius 2 is 2.13 bits per heavy atom. The number of aromatic nitrogens is 2. The van der Waals surface area contributed by atoms with Gasteiger partial charge in [-0.25, -0.2) is 0 Å². The fraction of sp³-hybridized carbons (Fsp3) is 0.261. The molecule has 0 spiro atoms. The van der Waals surface area contributed by atoms with E-state index in [1.807, 2.05) is 49.6 Å². The number of hydrogen-bond donors (Lipinski definition) is 2. The highest BCUT2D eigenvalue weighted by molar-refractivity contribution is 5.88. The molecule has 0 saturated carbocycles. The number of nitriles is 1. The van der Waals surface area contributed by atoms with Crippen molar-refractivity contribution in [3.8, 4) is 17.7 Å². The number of methoxy groups -OCH3 is 1. The van der Waals surface area contributed by atoms with Gasteiger partial charge in [-0.05, 0) is 54.7 Å². The number of aryl methyl sites for hydroxylation is 2. The maximum atomic E-state index is 9.16. The molecule has 4 rings (SSSR count). The minimum absolute atomic E-state index is 0.0619. The van der Waals surface area contributed by atoms with E-state index in [1.165, 1.54) is 11.8 Å². The third-order valence-corrected chi connectivity index (χ3v) is 5.25. The summed E-state index contributed by atoms with van der Waals surface area (Å²) < 4.78 is 13.3. The molecule has 0 radical (unpaired) electrons. The van der Waals surface area contributed by atoms with Crippen LogP contribution in [0.1, 0.15) is 41.2 Å². The van der Waals surface area contributed by atoms with E-state index in [9.17, 15) is 0 Å². The quantitative estimate of drug-likeness (QED) is 0.593. The number of rotatable bonds is 6. The number of anilines is 2. The first-order valence-electron chi connectivity index (χ1n) is 9.80. The Morgan fingerprint density at radius 3 is 2.90 bits per heavy atom. The molecule has 0 saturated heterocycles. The largest absolute Gasteiger partial charge is 0.486 e. The van der Waals surface area contributed by atoms with Crippen LogP contribution < -0.4 is 14.8 Å². The molecule has 1 heterocycles. The molecule has 30 heavy (non-hydrogen) atoms. The standard InChI is InChI=1S/C23H23N5O2/c1-28-14-21(23(27-28)29-2)26-20-11-18(8-7-17(20)13-25)30-22-5-3-4-16-10-15(12-24)6-9-19(16)22/h6-11,13-14,22,25-26H,3-5H2,1-2H3. The lowest BCUT2D eigenvalue weighted by molar-refractivity contribution is 0.183. The summed E-state index contributed by atoms with van der Waals surface area (Å²) in [6.45, 7) is 0. The lowest BCUT2D eigenvalue weighted by Gasteiger charge is -2.27. The maximum Gasteiger partial charge on any atom is 0.256 e. The van der Waals surface area contributed by atoms with Crippen molar-refractivity contribution in [1.82, 2.24) is 9.78 Å². The van der Waals surface area contributed by atoms with Crippen LogP contribution in [0.5, 0.6) is 11.6 Å². The van der Waals surface area contributed by atoms with Crippen LogP contribution in [0.4, 0.5) is 11.4 Å². The summed E-state index contributed by atoms with van der Waals surface area (Å²) in [4.78, 5) is 0. The first-order chi connectivity index (χ1) is 14.6. The van der Waals surface area contributed by atoms with E-state index >= 15 is 0 Å². The maximum absolute atomic E-state index is 9.16. The number of nitrogens with zero attached hydrogens (tertiary/aromatic N) is 3. The fourth-order valence-electron chi connectivity index (χ4n) is 3.82. The molecule has 0 fully saturated rings. The second-order valence-electron chi connectivity index (χ2n) is 7.27. The Hall–Kier alpha value is -3.79. The fourth-order valence-corrected chi connectivity index (χ4v) is 3.82. The number of fused-ring (bicyclic) bond motifs is 1. The molecule has 0 aliphatic heterocycles. The Labute approximate surface area is 175 Å². The van der Waals surface area contributed by atoms with Gasteiger partial charge in [0.2, 0.25) is 0 Å². The van der Waals surface area contributed by atoms with Gasteiger partial charge in [0.05, 0.1) is 30.6 Å². The Morgan fingerprint density at radius 1 is 1.27 bits per heavy atom. The van der Waals surface area contributed by atoms with Crippen LogP contribution >= 0.6 is 0 Å². The highest BCUT2D eigenvalue weighted by Gasteiger charge is 2.22. The van der Waals surface area contributed by atoms with Crippen molar-refractivity contribution in [2.75, 3.05) is 12.4 Å². The third kappa shape index (κ3) is 3.85. The molecular formula is C23H23N5O2. The van der Waals surface area contributed by atoms with Crippen LogP contribution in [-0.2, 0) is 13.5 Å². The van der Waals surface area contributed by atoms with Crippen molar-refractivity contribution in [2.45, 2.75) is 25.4 Å². The van der Waals surface area contributed by atoms with Crippen LogP contribution in [0, 0.1) is 16.7 Å². The zero-order valence-electron chi connectivity index (χ0n) is 17.0. The molecule has 2 N–H and O–H groups in total. The van der Waals surface area contributed by atoms with Crippen LogP contribution in [0.2, 0.25) is 0 Å². The highest BCUT2D eigenvalue weighted by atomic mass is 16.5. The van der Waals surface area contributed by atoms with Gasteiger partial charge in [0, 0.05) is 24.9 Å². The van der Waals surface area contributed by atoms with E-state index in [4.69, 9.17) is 20.1 Å². The van der Waals surface area contributed by atoms with E-state index in [0.717, 1.165) is 36.1 Å². The molecule has 1 atom stereocenters. The zero-order valence-corrected chi connectivity index (χ0v) is 17.0. The van der Waals surface area contributed by atoms with Crippen molar-refractivity contribution >= 4 is 17.6 Å². The summed E-state index contributed by atoms with van der Waals surface area (Å²) in [5.74, 6) is 1.20. The monoisotopic (exact) mass is 401 g/mol. The van der Waals surface area contributed by atoms with Crippen molar-refractivity contribution < 1.29 is 9.47 Å². The Bertz CT molecular complexity index is 1130. The summed E-state index contributed by atoms with van der Waals surface area (Å²) in [6, 6.07) is 13.7. The van der Waals surface area contributed by atoms with Crippen LogP contribution in [0.25, 0.3) is 0 Å². The van der Waals surface area contributed by atoms with Crippen LogP contribution in [-0.4, -0.2) is 23.1 Å². The van der Waals surface area contributed by atoms with Crippen LogP contribution in [0.15, 0.2) is 42.6 Å². The molecule has 1 unspecified atom stereocenters. The molecule has 1 aliphatic carbocycles. The average molecular weight is 401 g/mol. The molecule has 1 aliphatic rings. The lowest BCUT2D eigenvalue weighted by atomic mass is 9.88. The second kappa shape index (κ2) is 8.29. The normalized spacial score (nSPS) is 15.0. The topological polar surface area (TPSA) is 95.9 Å². The van der Waals surface area contributed by atoms with Gasteiger partial charge >= 0.3 is 0 Å². The van der Waals surface area contributed by atoms with Gasteiger partial charge < -0.3 is 20.2 Å². The minimum atomic E-state index is -0.0619. The summed E-state index contributed by atoms with van der Waals surface area (Å²) in [5, 5.41) is 24.4. The molecule has 7 heteroatoms. The molecule has 3 aromatic rings. The zero-order chi connectivity index (χ0) is 21.1. The van der Waals surface area contributed by atoms with Gasteiger partial charge in [0.1, 0.15) is 17.5 Å². The van der Waals surface area contributed by atoms with E-state index in [-0.39, 0.29) is 6.10 Å². The smallest absolute Gasteiger partial charge is 0.256 e. The molecule has 7 nitrogen and oxygen atoms in total. The first kappa shape index (κ1) is 19.5. The number of hydrogen-bond acceptors (Lipinski definition) is 6. The molecule has 2 aromatic carbocycles. The number of ether oxygens (including phenoxy) is 2. The van der Waals surface area contributed by atoms with E-state index in [2.05, 4.69) is 16.5 Å². The second-order valence-corrected chi connectivity index (χ2v) is 7.27. The molecule has 152 valence electrons. The van der Waals surface area contributed by atoms with Gasteiger partial charge in [-0.1, -0.05) is 6.07 Å². The van der Waals surface area contributed by atoms with E-state index in [0.29, 0.717) is 22.9 Å². The van der Waals surface area contributed by atoms with Gasteiger partial charge in [-0.15, -0.1) is 5.10 Å². The van der Waals surface area contributed by atoms with Crippen molar-refractivity contribution in [2.24, 2.45) is 7.05 Å². The predicted octanol–water partition coefficient (Wildman–Crippen LogP) is 4.50. The number of benzene rings is 2. The molecule has 0 amide bonds. The molecular weight excluding hydrogens is 378 g/mol. The molecule has 1 aromatic heterocycles. The van der Waals surface area contributed by atoms with E-state index < -0.39 is 0 Å². The van der Waals surface area contributed by atoms with Gasteiger partial charge in [0.15, 0.2) is 0 Å². The average Bonchev–Trinajstić information content (AvgIpc) is 3.13. The minimum Gasteiger partial charge on any atom is -0.486 e. The predicted molar refractivity (Wildman–Crippen MR) is 115 cm³/mol. The summed E-state index contributed by atoms with van der Waals surface area (Å²) in [6.07, 6.45) is 5.96. The summed E-state index contributed by atoms with van der Waals surface area (Å²) in [5.41, 5.74) is 5.19. The van der Waals surface area contributed by atoms with Gasteiger partial charge in [0.25, 0.3) is 5.88 Å². The van der Waals surface area contributed by atoms with Crippen molar-refractivity contribution in [3.63, 3.8) is 0 Å². The number of nitrogens with one attached hydrogen (secondary N) is 2. The van der Waals surface area contributed by atoms with Crippen LogP contribution in [0.3, 0.4) is 0 Å². The Kier molecular flexibility index (Phi) is 5.40. The molecule has 0 bridgehead atoms. The Balaban J connectivity index is 1.61. The van der Waals surface area contributed by atoms with Crippen molar-refractivity contribution in [1.29, 1.82) is 10.7 Å². The van der Waals surface area contributed by atoms with E-state index in [1.54, 1.807) is 11.8 Å². The van der Waals surface area contributed by atoms with Gasteiger partial charge in [-0.2, -0.15) is 5.26 Å². The lowest BCUT2D eigenvalue weighted by Crippen LogP contribution is -2.15.